The first-order valence-corrected chi connectivity index (χ1v) is 8.54. The fourth-order valence-electron chi connectivity index (χ4n) is 3.19. The van der Waals surface area contributed by atoms with Gasteiger partial charge in [-0.25, -0.2) is 0 Å². The lowest BCUT2D eigenvalue weighted by Gasteiger charge is -2.36. The van der Waals surface area contributed by atoms with Gasteiger partial charge in [-0.15, -0.1) is 0 Å². The molecule has 2 aromatic rings. The molecule has 0 saturated carbocycles. The fraction of sp³-hybridized carbons (Fsp3) is 0.316. The van der Waals surface area contributed by atoms with Crippen molar-refractivity contribution in [2.75, 3.05) is 6.54 Å². The van der Waals surface area contributed by atoms with Crippen LogP contribution in [0.3, 0.4) is 0 Å². The molecule has 22 heavy (non-hydrogen) atoms. The smallest absolute Gasteiger partial charge is 0.223 e. The third-order valence-corrected chi connectivity index (χ3v) is 5.08. The Balaban J connectivity index is 1.70. The van der Waals surface area contributed by atoms with Crippen LogP contribution < -0.4 is 0 Å². The molecule has 1 fully saturated rings. The number of hydrogen-bond acceptors (Lipinski definition) is 1. The molecule has 1 amide bonds. The third-order valence-electron chi connectivity index (χ3n) is 4.55. The lowest BCUT2D eigenvalue weighted by atomic mass is 9.88. The summed E-state index contributed by atoms with van der Waals surface area (Å²) in [7, 11) is 0. The third kappa shape index (κ3) is 3.25. The van der Waals surface area contributed by atoms with Crippen LogP contribution in [0.25, 0.3) is 0 Å². The number of amides is 1. The summed E-state index contributed by atoms with van der Waals surface area (Å²) in [5.41, 5.74) is 2.47. The topological polar surface area (TPSA) is 20.3 Å². The highest BCUT2D eigenvalue weighted by Crippen LogP contribution is 2.33. The zero-order valence-electron chi connectivity index (χ0n) is 12.7. The van der Waals surface area contributed by atoms with Crippen LogP contribution >= 0.6 is 15.9 Å². The van der Waals surface area contributed by atoms with Crippen molar-refractivity contribution in [2.24, 2.45) is 0 Å². The van der Waals surface area contributed by atoms with Gasteiger partial charge in [-0.1, -0.05) is 58.4 Å². The van der Waals surface area contributed by atoms with Crippen LogP contribution in [0.2, 0.25) is 0 Å². The van der Waals surface area contributed by atoms with Crippen molar-refractivity contribution in [3.63, 3.8) is 0 Å². The van der Waals surface area contributed by atoms with E-state index in [4.69, 9.17) is 0 Å². The first-order chi connectivity index (χ1) is 10.6. The maximum atomic E-state index is 12.6. The monoisotopic (exact) mass is 357 g/mol. The van der Waals surface area contributed by atoms with Crippen molar-refractivity contribution in [3.05, 3.63) is 70.2 Å². The summed E-state index contributed by atoms with van der Waals surface area (Å²) < 4.78 is 1.07. The molecule has 0 radical (unpaired) electrons. The molecule has 1 saturated heterocycles. The first kappa shape index (κ1) is 15.3. The van der Waals surface area contributed by atoms with Gasteiger partial charge >= 0.3 is 0 Å². The molecule has 0 aromatic heterocycles. The van der Waals surface area contributed by atoms with Gasteiger partial charge in [0.15, 0.2) is 0 Å². The fourth-order valence-corrected chi connectivity index (χ4v) is 3.45. The maximum Gasteiger partial charge on any atom is 0.223 e. The van der Waals surface area contributed by atoms with Crippen LogP contribution in [-0.2, 0) is 4.79 Å². The Morgan fingerprint density at radius 3 is 2.41 bits per heavy atom. The van der Waals surface area contributed by atoms with Crippen molar-refractivity contribution >= 4 is 21.8 Å². The van der Waals surface area contributed by atoms with Crippen molar-refractivity contribution in [3.8, 4) is 0 Å². The number of hydrogen-bond donors (Lipinski definition) is 0. The van der Waals surface area contributed by atoms with Crippen LogP contribution in [-0.4, -0.2) is 17.4 Å². The molecule has 0 bridgehead atoms. The zero-order valence-corrected chi connectivity index (χ0v) is 14.3. The molecular weight excluding hydrogens is 338 g/mol. The summed E-state index contributed by atoms with van der Waals surface area (Å²) in [6, 6.07) is 18.8. The highest BCUT2D eigenvalue weighted by Gasteiger charge is 2.30. The molecule has 2 unspecified atom stereocenters. The number of halogens is 1. The number of likely N-dealkylation sites (tertiary alicyclic amines) is 1. The van der Waals surface area contributed by atoms with Gasteiger partial charge in [0.1, 0.15) is 0 Å². The van der Waals surface area contributed by atoms with Crippen molar-refractivity contribution in [2.45, 2.75) is 31.7 Å². The standard InChI is InChI=1S/C19H20BrNO/c1-14(15-7-9-18(20)10-8-15)21-12-11-17(13-19(21)22)16-5-3-2-4-6-16/h2-10,14,17H,11-13H2,1H3. The molecule has 1 heterocycles. The normalized spacial score (nSPS) is 20.0. The van der Waals surface area contributed by atoms with Gasteiger partial charge in [-0.05, 0) is 42.5 Å². The number of nitrogens with zero attached hydrogens (tertiary/aromatic N) is 1. The SMILES string of the molecule is CC(c1ccc(Br)cc1)N1CCC(c2ccccc2)CC1=O. The van der Waals surface area contributed by atoms with E-state index in [1.165, 1.54) is 11.1 Å². The van der Waals surface area contributed by atoms with Crippen LogP contribution in [0.15, 0.2) is 59.1 Å². The van der Waals surface area contributed by atoms with E-state index in [1.54, 1.807) is 0 Å². The number of rotatable bonds is 3. The number of carbonyl (C=O) groups excluding carboxylic acids is 1. The number of benzene rings is 2. The molecular formula is C19H20BrNO. The van der Waals surface area contributed by atoms with Gasteiger partial charge in [0.05, 0.1) is 6.04 Å². The largest absolute Gasteiger partial charge is 0.336 e. The van der Waals surface area contributed by atoms with Crippen molar-refractivity contribution < 1.29 is 4.79 Å². The summed E-state index contributed by atoms with van der Waals surface area (Å²) in [6.07, 6.45) is 1.65. The Kier molecular flexibility index (Phi) is 4.63. The highest BCUT2D eigenvalue weighted by molar-refractivity contribution is 9.10. The molecule has 0 spiro atoms. The van der Waals surface area contributed by atoms with E-state index >= 15 is 0 Å². The first-order valence-electron chi connectivity index (χ1n) is 7.75. The molecule has 114 valence electrons. The van der Waals surface area contributed by atoms with Gasteiger partial charge in [-0.2, -0.15) is 0 Å². The van der Waals surface area contributed by atoms with Crippen LogP contribution in [0.1, 0.15) is 42.9 Å². The lowest BCUT2D eigenvalue weighted by Crippen LogP contribution is -2.39. The lowest BCUT2D eigenvalue weighted by molar-refractivity contribution is -0.136. The Morgan fingerprint density at radius 1 is 1.09 bits per heavy atom. The van der Waals surface area contributed by atoms with E-state index in [0.29, 0.717) is 12.3 Å². The van der Waals surface area contributed by atoms with Gasteiger partial charge in [-0.3, -0.25) is 4.79 Å². The van der Waals surface area contributed by atoms with Crippen molar-refractivity contribution in [1.82, 2.24) is 4.90 Å². The minimum absolute atomic E-state index is 0.136. The molecule has 2 aromatic carbocycles. The van der Waals surface area contributed by atoms with Gasteiger partial charge in [0.25, 0.3) is 0 Å². The predicted octanol–water partition coefficient (Wildman–Crippen LogP) is 4.92. The van der Waals surface area contributed by atoms with Gasteiger partial charge in [0.2, 0.25) is 5.91 Å². The second-order valence-corrected chi connectivity index (χ2v) is 6.83. The molecule has 1 aliphatic rings. The second kappa shape index (κ2) is 6.66. The Bertz CT molecular complexity index is 638. The average molecular weight is 358 g/mol. The molecule has 3 rings (SSSR count). The second-order valence-electron chi connectivity index (χ2n) is 5.92. The molecule has 3 heteroatoms. The van der Waals surface area contributed by atoms with E-state index in [9.17, 15) is 4.79 Å². The summed E-state index contributed by atoms with van der Waals surface area (Å²) in [5, 5.41) is 0. The van der Waals surface area contributed by atoms with E-state index in [0.717, 1.165) is 17.4 Å². The Labute approximate surface area is 140 Å². The minimum atomic E-state index is 0.136. The quantitative estimate of drug-likeness (QED) is 0.763. The highest BCUT2D eigenvalue weighted by atomic mass is 79.9. The van der Waals surface area contributed by atoms with E-state index in [-0.39, 0.29) is 11.9 Å². The average Bonchev–Trinajstić information content (AvgIpc) is 2.56. The summed E-state index contributed by atoms with van der Waals surface area (Å²) >= 11 is 3.46. The molecule has 0 N–H and O–H groups in total. The molecule has 0 aliphatic carbocycles. The predicted molar refractivity (Wildman–Crippen MR) is 92.7 cm³/mol. The van der Waals surface area contributed by atoms with E-state index in [2.05, 4.69) is 59.3 Å². The summed E-state index contributed by atoms with van der Waals surface area (Å²) in [5.74, 6) is 0.623. The van der Waals surface area contributed by atoms with Crippen LogP contribution in [0.5, 0.6) is 0 Å². The number of piperidine rings is 1. The van der Waals surface area contributed by atoms with Crippen LogP contribution in [0, 0.1) is 0 Å². The minimum Gasteiger partial charge on any atom is -0.336 e. The van der Waals surface area contributed by atoms with E-state index < -0.39 is 0 Å². The Hall–Kier alpha value is -1.61. The van der Waals surface area contributed by atoms with Crippen LogP contribution in [0.4, 0.5) is 0 Å². The molecule has 2 nitrogen and oxygen atoms in total. The zero-order chi connectivity index (χ0) is 15.5. The Morgan fingerprint density at radius 2 is 1.77 bits per heavy atom. The summed E-state index contributed by atoms with van der Waals surface area (Å²) in [4.78, 5) is 14.6. The van der Waals surface area contributed by atoms with Gasteiger partial charge in [0, 0.05) is 17.4 Å². The van der Waals surface area contributed by atoms with E-state index in [1.807, 2.05) is 23.1 Å². The van der Waals surface area contributed by atoms with Gasteiger partial charge < -0.3 is 4.90 Å². The maximum absolute atomic E-state index is 12.6. The van der Waals surface area contributed by atoms with Crippen molar-refractivity contribution in [1.29, 1.82) is 0 Å². The number of carbonyl (C=O) groups is 1. The molecule has 1 aliphatic heterocycles. The summed E-state index contributed by atoms with van der Waals surface area (Å²) in [6.45, 7) is 2.94. The molecule has 2 atom stereocenters.